The molecule has 2 rings (SSSR count). The number of hydrogen-bond donors (Lipinski definition) is 1. The van der Waals surface area contributed by atoms with Gasteiger partial charge in [0.05, 0.1) is 6.10 Å². The normalized spacial score (nSPS) is 36.4. The van der Waals surface area contributed by atoms with Gasteiger partial charge in [0.25, 0.3) is 0 Å². The average molecular weight is 212 g/mol. The minimum atomic E-state index is 0.255. The highest BCUT2D eigenvalue weighted by Gasteiger charge is 2.49. The lowest BCUT2D eigenvalue weighted by molar-refractivity contribution is -0.112. The second-order valence-electron chi connectivity index (χ2n) is 5.11. The molecule has 88 valence electrons. The number of likely N-dealkylation sites (N-methyl/N-ethyl adjacent to an activating group) is 1. The maximum Gasteiger partial charge on any atom is 0.0611 e. The standard InChI is InChI=1S/C12H24N2O/c1-3-15-11-7-12(8-11,9-13)14(2)10-5-4-6-10/h10-11H,3-9,13H2,1-2H3. The molecule has 0 aromatic carbocycles. The molecule has 2 saturated carbocycles. The molecule has 2 fully saturated rings. The molecule has 0 aliphatic heterocycles. The Morgan fingerprint density at radius 3 is 2.47 bits per heavy atom. The molecule has 0 aromatic rings. The van der Waals surface area contributed by atoms with Gasteiger partial charge >= 0.3 is 0 Å². The monoisotopic (exact) mass is 212 g/mol. The fourth-order valence-corrected chi connectivity index (χ4v) is 2.90. The predicted octanol–water partition coefficient (Wildman–Crippen LogP) is 1.37. The van der Waals surface area contributed by atoms with Crippen LogP contribution in [0, 0.1) is 0 Å². The molecular formula is C12H24N2O. The van der Waals surface area contributed by atoms with Gasteiger partial charge in [-0.25, -0.2) is 0 Å². The van der Waals surface area contributed by atoms with Crippen molar-refractivity contribution in [3.8, 4) is 0 Å². The van der Waals surface area contributed by atoms with Crippen molar-refractivity contribution in [3.63, 3.8) is 0 Å². The van der Waals surface area contributed by atoms with E-state index in [9.17, 15) is 0 Å². The lowest BCUT2D eigenvalue weighted by atomic mass is 9.71. The number of ether oxygens (including phenoxy) is 1. The van der Waals surface area contributed by atoms with E-state index < -0.39 is 0 Å². The molecule has 0 bridgehead atoms. The van der Waals surface area contributed by atoms with Crippen LogP contribution in [-0.2, 0) is 4.74 Å². The van der Waals surface area contributed by atoms with Gasteiger partial charge in [0.15, 0.2) is 0 Å². The average Bonchev–Trinajstić information content (AvgIpc) is 2.07. The highest BCUT2D eigenvalue weighted by molar-refractivity contribution is 5.06. The zero-order valence-corrected chi connectivity index (χ0v) is 10.0. The summed E-state index contributed by atoms with van der Waals surface area (Å²) in [6.07, 6.45) is 6.83. The van der Waals surface area contributed by atoms with E-state index in [0.717, 1.165) is 32.0 Å². The van der Waals surface area contributed by atoms with Crippen molar-refractivity contribution in [2.75, 3.05) is 20.2 Å². The number of hydrogen-bond acceptors (Lipinski definition) is 3. The first kappa shape index (κ1) is 11.4. The van der Waals surface area contributed by atoms with Crippen LogP contribution in [-0.4, -0.2) is 42.8 Å². The molecule has 0 unspecified atom stereocenters. The quantitative estimate of drug-likeness (QED) is 0.748. The van der Waals surface area contributed by atoms with Crippen LogP contribution in [0.1, 0.15) is 39.0 Å². The zero-order valence-electron chi connectivity index (χ0n) is 10.0. The van der Waals surface area contributed by atoms with Crippen LogP contribution in [0.4, 0.5) is 0 Å². The first-order chi connectivity index (χ1) is 7.22. The number of nitrogens with zero attached hydrogens (tertiary/aromatic N) is 1. The Kier molecular flexibility index (Phi) is 3.33. The van der Waals surface area contributed by atoms with Gasteiger partial charge in [0.1, 0.15) is 0 Å². The molecule has 0 amide bonds. The van der Waals surface area contributed by atoms with E-state index in [-0.39, 0.29) is 5.54 Å². The minimum absolute atomic E-state index is 0.255. The Bertz CT molecular complexity index is 210. The molecule has 2 aliphatic rings. The molecule has 2 N–H and O–H groups in total. The highest BCUT2D eigenvalue weighted by atomic mass is 16.5. The van der Waals surface area contributed by atoms with Crippen molar-refractivity contribution in [3.05, 3.63) is 0 Å². The van der Waals surface area contributed by atoms with Crippen molar-refractivity contribution >= 4 is 0 Å². The van der Waals surface area contributed by atoms with Crippen LogP contribution in [0.5, 0.6) is 0 Å². The van der Waals surface area contributed by atoms with Crippen molar-refractivity contribution in [2.24, 2.45) is 5.73 Å². The first-order valence-corrected chi connectivity index (χ1v) is 6.26. The third-order valence-electron chi connectivity index (χ3n) is 4.37. The third kappa shape index (κ3) is 1.93. The smallest absolute Gasteiger partial charge is 0.0611 e. The Morgan fingerprint density at radius 2 is 2.07 bits per heavy atom. The Hall–Kier alpha value is -0.120. The molecule has 0 aromatic heterocycles. The summed E-state index contributed by atoms with van der Waals surface area (Å²) in [5.74, 6) is 0. The minimum Gasteiger partial charge on any atom is -0.378 e. The predicted molar refractivity (Wildman–Crippen MR) is 61.8 cm³/mol. The lowest BCUT2D eigenvalue weighted by Gasteiger charge is -2.56. The van der Waals surface area contributed by atoms with Gasteiger partial charge in [-0.2, -0.15) is 0 Å². The largest absolute Gasteiger partial charge is 0.378 e. The molecule has 2 aliphatic carbocycles. The molecule has 15 heavy (non-hydrogen) atoms. The van der Waals surface area contributed by atoms with E-state index in [1.165, 1.54) is 19.3 Å². The molecule has 0 atom stereocenters. The van der Waals surface area contributed by atoms with E-state index in [1.807, 2.05) is 0 Å². The SMILES string of the molecule is CCOC1CC(CN)(N(C)C2CCC2)C1. The third-order valence-corrected chi connectivity index (χ3v) is 4.37. The highest BCUT2D eigenvalue weighted by Crippen LogP contribution is 2.42. The van der Waals surface area contributed by atoms with Gasteiger partial charge in [-0.3, -0.25) is 4.90 Å². The van der Waals surface area contributed by atoms with Crippen molar-refractivity contribution in [1.29, 1.82) is 0 Å². The number of rotatable bonds is 5. The van der Waals surface area contributed by atoms with Crippen LogP contribution in [0.3, 0.4) is 0 Å². The summed E-state index contributed by atoms with van der Waals surface area (Å²) in [5, 5.41) is 0. The molecule has 0 radical (unpaired) electrons. The fraction of sp³-hybridized carbons (Fsp3) is 1.00. The van der Waals surface area contributed by atoms with Crippen LogP contribution >= 0.6 is 0 Å². The van der Waals surface area contributed by atoms with Crippen LogP contribution in [0.2, 0.25) is 0 Å². The summed E-state index contributed by atoms with van der Waals surface area (Å²) in [7, 11) is 2.25. The summed E-state index contributed by atoms with van der Waals surface area (Å²) in [6.45, 7) is 3.68. The Labute approximate surface area is 93.0 Å². The molecular weight excluding hydrogens is 188 g/mol. The van der Waals surface area contributed by atoms with E-state index in [0.29, 0.717) is 6.10 Å². The maximum atomic E-state index is 5.95. The molecule has 3 heteroatoms. The van der Waals surface area contributed by atoms with Gasteiger partial charge < -0.3 is 10.5 Å². The summed E-state index contributed by atoms with van der Waals surface area (Å²) < 4.78 is 5.63. The summed E-state index contributed by atoms with van der Waals surface area (Å²) >= 11 is 0. The lowest BCUT2D eigenvalue weighted by Crippen LogP contribution is -2.66. The molecule has 0 spiro atoms. The molecule has 0 saturated heterocycles. The first-order valence-electron chi connectivity index (χ1n) is 6.26. The summed E-state index contributed by atoms with van der Waals surface area (Å²) in [5.41, 5.74) is 6.20. The van der Waals surface area contributed by atoms with E-state index in [4.69, 9.17) is 10.5 Å². The summed E-state index contributed by atoms with van der Waals surface area (Å²) in [4.78, 5) is 2.53. The molecule has 3 nitrogen and oxygen atoms in total. The van der Waals surface area contributed by atoms with Crippen LogP contribution in [0.25, 0.3) is 0 Å². The Balaban J connectivity index is 1.87. The fourth-order valence-electron chi connectivity index (χ4n) is 2.90. The summed E-state index contributed by atoms with van der Waals surface area (Å²) in [6, 6.07) is 0.788. The van der Waals surface area contributed by atoms with Gasteiger partial charge in [0.2, 0.25) is 0 Å². The van der Waals surface area contributed by atoms with Crippen molar-refractivity contribution in [1.82, 2.24) is 4.90 Å². The Morgan fingerprint density at radius 1 is 1.40 bits per heavy atom. The van der Waals surface area contributed by atoms with Crippen molar-refractivity contribution < 1.29 is 4.74 Å². The maximum absolute atomic E-state index is 5.95. The van der Waals surface area contributed by atoms with Crippen molar-refractivity contribution in [2.45, 2.75) is 56.7 Å². The second-order valence-corrected chi connectivity index (χ2v) is 5.11. The van der Waals surface area contributed by atoms with Gasteiger partial charge in [-0.05, 0) is 39.7 Å². The molecule has 0 heterocycles. The zero-order chi connectivity index (χ0) is 10.9. The van der Waals surface area contributed by atoms with Gasteiger partial charge in [-0.1, -0.05) is 6.42 Å². The van der Waals surface area contributed by atoms with E-state index in [2.05, 4.69) is 18.9 Å². The van der Waals surface area contributed by atoms with E-state index in [1.54, 1.807) is 0 Å². The number of nitrogens with two attached hydrogens (primary N) is 1. The van der Waals surface area contributed by atoms with Crippen LogP contribution < -0.4 is 5.73 Å². The van der Waals surface area contributed by atoms with Crippen LogP contribution in [0.15, 0.2) is 0 Å². The topological polar surface area (TPSA) is 38.5 Å². The van der Waals surface area contributed by atoms with Gasteiger partial charge in [-0.15, -0.1) is 0 Å². The van der Waals surface area contributed by atoms with E-state index >= 15 is 0 Å². The second kappa shape index (κ2) is 4.40. The van der Waals surface area contributed by atoms with Gasteiger partial charge in [0, 0.05) is 24.7 Å².